The molecule has 0 radical (unpaired) electrons. The Labute approximate surface area is 218 Å². The molecule has 0 spiro atoms. The van der Waals surface area contributed by atoms with Crippen LogP contribution < -0.4 is 10.6 Å². The fourth-order valence-corrected chi connectivity index (χ4v) is 5.50. The molecule has 2 aliphatic rings. The summed E-state index contributed by atoms with van der Waals surface area (Å²) in [5.74, 6) is -0.620. The Bertz CT molecular complexity index is 1130. The van der Waals surface area contributed by atoms with Crippen LogP contribution in [0.2, 0.25) is 0 Å². The average molecular weight is 516 g/mol. The van der Waals surface area contributed by atoms with Gasteiger partial charge in [-0.15, -0.1) is 0 Å². The number of aromatic nitrogens is 2. The number of halogens is 2. The van der Waals surface area contributed by atoms with E-state index in [-0.39, 0.29) is 23.9 Å². The first-order valence-electron chi connectivity index (χ1n) is 13.4. The summed E-state index contributed by atoms with van der Waals surface area (Å²) in [7, 11) is 0. The number of benzene rings is 1. The number of fused-ring (bicyclic) bond motifs is 1. The smallest absolute Gasteiger partial charge is 0.242 e. The summed E-state index contributed by atoms with van der Waals surface area (Å²) >= 11 is 0. The Balaban J connectivity index is 1.36. The summed E-state index contributed by atoms with van der Waals surface area (Å²) in [4.78, 5) is 32.3. The van der Waals surface area contributed by atoms with Gasteiger partial charge in [-0.05, 0) is 55.7 Å². The summed E-state index contributed by atoms with van der Waals surface area (Å²) < 4.78 is 29.8. The molecule has 9 heteroatoms. The summed E-state index contributed by atoms with van der Waals surface area (Å²) in [5.41, 5.74) is 0.827. The second kappa shape index (κ2) is 11.3. The van der Waals surface area contributed by atoms with Crippen LogP contribution in [0.1, 0.15) is 70.9 Å². The number of rotatable bonds is 8. The van der Waals surface area contributed by atoms with Crippen molar-refractivity contribution in [2.45, 2.75) is 97.3 Å². The zero-order chi connectivity index (χ0) is 26.7. The number of nitrogens with zero attached hydrogens (tertiary/aromatic N) is 3. The molecule has 2 N–H and O–H groups in total. The number of amides is 2. The summed E-state index contributed by atoms with van der Waals surface area (Å²) in [5, 5.41) is 6.33. The van der Waals surface area contributed by atoms with Crippen LogP contribution in [0.4, 0.5) is 14.6 Å². The van der Waals surface area contributed by atoms with Gasteiger partial charge >= 0.3 is 0 Å². The normalized spacial score (nSPS) is 20.5. The molecule has 202 valence electrons. The SMILES string of the molecule is CCC[C@H](NC1CCc2cc(F)cc(F)c2C1)C(=O)Nc1cn(CC2CCCN2C(=O)C(C)(C)C)cn1. The first-order valence-corrected chi connectivity index (χ1v) is 13.4. The van der Waals surface area contributed by atoms with Crippen LogP contribution in [-0.2, 0) is 29.0 Å². The van der Waals surface area contributed by atoms with Crippen LogP contribution in [0.25, 0.3) is 0 Å². The molecular weight excluding hydrogens is 476 g/mol. The van der Waals surface area contributed by atoms with Crippen LogP contribution in [-0.4, -0.2) is 50.9 Å². The quantitative estimate of drug-likeness (QED) is 0.544. The molecule has 1 aromatic carbocycles. The number of imidazole rings is 1. The maximum Gasteiger partial charge on any atom is 0.242 e. The van der Waals surface area contributed by atoms with Gasteiger partial charge in [-0.2, -0.15) is 0 Å². The Morgan fingerprint density at radius 2 is 2.00 bits per heavy atom. The molecule has 2 amide bonds. The van der Waals surface area contributed by atoms with E-state index < -0.39 is 23.1 Å². The molecule has 1 aromatic heterocycles. The Morgan fingerprint density at radius 1 is 1.22 bits per heavy atom. The van der Waals surface area contributed by atoms with Gasteiger partial charge in [0.2, 0.25) is 11.8 Å². The number of aryl methyl sites for hydroxylation is 1. The lowest BCUT2D eigenvalue weighted by atomic mass is 9.87. The van der Waals surface area contributed by atoms with Crippen LogP contribution in [0.5, 0.6) is 0 Å². The van der Waals surface area contributed by atoms with E-state index >= 15 is 0 Å². The molecule has 1 fully saturated rings. The lowest BCUT2D eigenvalue weighted by molar-refractivity contribution is -0.140. The monoisotopic (exact) mass is 515 g/mol. The molecule has 2 aromatic rings. The standard InChI is InChI=1S/C28H39F2N5O2/c1-5-7-24(32-20-10-9-18-12-19(29)13-23(30)22(18)14-20)26(36)33-25-16-34(17-31-25)15-21-8-6-11-35(21)27(37)28(2,3)4/h12-13,16-17,20-21,24,32H,5-11,14-15H2,1-4H3,(H,33,36)/t20?,21?,24-/m0/s1. The highest BCUT2D eigenvalue weighted by Crippen LogP contribution is 2.27. The molecule has 1 saturated heterocycles. The molecule has 0 bridgehead atoms. The van der Waals surface area contributed by atoms with Gasteiger partial charge in [-0.1, -0.05) is 34.1 Å². The largest absolute Gasteiger partial charge is 0.337 e. The van der Waals surface area contributed by atoms with E-state index in [1.165, 1.54) is 6.07 Å². The average Bonchev–Trinajstić information content (AvgIpc) is 3.47. The topological polar surface area (TPSA) is 79.3 Å². The van der Waals surface area contributed by atoms with E-state index in [0.29, 0.717) is 49.2 Å². The summed E-state index contributed by atoms with van der Waals surface area (Å²) in [6.45, 7) is 9.25. The van der Waals surface area contributed by atoms with Gasteiger partial charge in [0.15, 0.2) is 5.82 Å². The van der Waals surface area contributed by atoms with Crippen molar-refractivity contribution < 1.29 is 18.4 Å². The molecule has 7 nitrogen and oxygen atoms in total. The number of anilines is 1. The van der Waals surface area contributed by atoms with Crippen molar-refractivity contribution in [3.05, 3.63) is 47.4 Å². The van der Waals surface area contributed by atoms with E-state index in [9.17, 15) is 18.4 Å². The maximum absolute atomic E-state index is 14.3. The Hall–Kier alpha value is -2.81. The number of hydrogen-bond acceptors (Lipinski definition) is 4. The predicted octanol–water partition coefficient (Wildman–Crippen LogP) is 4.45. The number of hydrogen-bond donors (Lipinski definition) is 2. The molecule has 4 rings (SSSR count). The van der Waals surface area contributed by atoms with Gasteiger partial charge in [0.1, 0.15) is 11.6 Å². The fraction of sp³-hybridized carbons (Fsp3) is 0.607. The molecule has 1 aliphatic carbocycles. The van der Waals surface area contributed by atoms with Gasteiger partial charge in [0.25, 0.3) is 0 Å². The minimum Gasteiger partial charge on any atom is -0.337 e. The minimum atomic E-state index is -0.549. The van der Waals surface area contributed by atoms with E-state index in [1.54, 1.807) is 12.5 Å². The Morgan fingerprint density at radius 3 is 2.73 bits per heavy atom. The van der Waals surface area contributed by atoms with E-state index in [2.05, 4.69) is 15.6 Å². The number of nitrogens with one attached hydrogen (secondary N) is 2. The van der Waals surface area contributed by atoms with Gasteiger partial charge in [0.05, 0.1) is 12.4 Å². The third kappa shape index (κ3) is 6.55. The molecular formula is C28H39F2N5O2. The lowest BCUT2D eigenvalue weighted by Gasteiger charge is -2.31. The molecule has 1 aliphatic heterocycles. The Kier molecular flexibility index (Phi) is 8.31. The molecule has 2 heterocycles. The third-order valence-electron chi connectivity index (χ3n) is 7.38. The third-order valence-corrected chi connectivity index (χ3v) is 7.38. The van der Waals surface area contributed by atoms with Gasteiger partial charge in [0, 0.05) is 42.9 Å². The highest BCUT2D eigenvalue weighted by atomic mass is 19.1. The van der Waals surface area contributed by atoms with Crippen molar-refractivity contribution in [3.8, 4) is 0 Å². The molecule has 2 unspecified atom stereocenters. The van der Waals surface area contributed by atoms with Crippen LogP contribution >= 0.6 is 0 Å². The van der Waals surface area contributed by atoms with Crippen LogP contribution in [0.3, 0.4) is 0 Å². The van der Waals surface area contributed by atoms with E-state index in [4.69, 9.17) is 0 Å². The highest BCUT2D eigenvalue weighted by Gasteiger charge is 2.35. The second-order valence-electron chi connectivity index (χ2n) is 11.5. The van der Waals surface area contributed by atoms with Crippen molar-refractivity contribution >= 4 is 17.6 Å². The van der Waals surface area contributed by atoms with E-state index in [0.717, 1.165) is 31.9 Å². The number of carbonyl (C=O) groups excluding carboxylic acids is 2. The second-order valence-corrected chi connectivity index (χ2v) is 11.5. The molecule has 0 saturated carbocycles. The predicted molar refractivity (Wildman–Crippen MR) is 139 cm³/mol. The van der Waals surface area contributed by atoms with Gasteiger partial charge in [-0.3, -0.25) is 9.59 Å². The highest BCUT2D eigenvalue weighted by molar-refractivity contribution is 5.94. The van der Waals surface area contributed by atoms with Gasteiger partial charge in [-0.25, -0.2) is 13.8 Å². The first kappa shape index (κ1) is 27.2. The first-order chi connectivity index (χ1) is 17.5. The van der Waals surface area contributed by atoms with Crippen molar-refractivity contribution in [1.82, 2.24) is 19.8 Å². The van der Waals surface area contributed by atoms with Crippen LogP contribution in [0, 0.1) is 17.0 Å². The van der Waals surface area contributed by atoms with Crippen LogP contribution in [0.15, 0.2) is 24.7 Å². The van der Waals surface area contributed by atoms with Crippen molar-refractivity contribution in [1.29, 1.82) is 0 Å². The lowest BCUT2D eigenvalue weighted by Crippen LogP contribution is -2.48. The van der Waals surface area contributed by atoms with E-state index in [1.807, 2.05) is 37.2 Å². The van der Waals surface area contributed by atoms with Crippen molar-refractivity contribution in [2.75, 3.05) is 11.9 Å². The van der Waals surface area contributed by atoms with Crippen molar-refractivity contribution in [3.63, 3.8) is 0 Å². The summed E-state index contributed by atoms with van der Waals surface area (Å²) in [6, 6.07) is 1.94. The molecule has 3 atom stereocenters. The summed E-state index contributed by atoms with van der Waals surface area (Å²) in [6.07, 6.45) is 8.58. The number of carbonyl (C=O) groups is 2. The van der Waals surface area contributed by atoms with Gasteiger partial charge < -0.3 is 20.1 Å². The maximum atomic E-state index is 14.3. The zero-order valence-corrected chi connectivity index (χ0v) is 22.3. The van der Waals surface area contributed by atoms with Crippen molar-refractivity contribution in [2.24, 2.45) is 5.41 Å². The number of likely N-dealkylation sites (tertiary alicyclic amines) is 1. The fourth-order valence-electron chi connectivity index (χ4n) is 5.50. The molecule has 37 heavy (non-hydrogen) atoms. The zero-order valence-electron chi connectivity index (χ0n) is 22.3. The minimum absolute atomic E-state index is 0.0685.